The highest BCUT2D eigenvalue weighted by Crippen LogP contribution is 2.14. The Morgan fingerprint density at radius 2 is 2.06 bits per heavy atom. The molecular formula is C10H17N5O3. The molecule has 1 aromatic heterocycles. The van der Waals surface area contributed by atoms with Crippen LogP contribution in [-0.2, 0) is 4.74 Å². The second kappa shape index (κ2) is 6.31. The predicted molar refractivity (Wildman–Crippen MR) is 64.5 cm³/mol. The van der Waals surface area contributed by atoms with E-state index in [0.29, 0.717) is 32.2 Å². The Balaban J connectivity index is 2.05. The third kappa shape index (κ3) is 3.41. The van der Waals surface area contributed by atoms with Crippen LogP contribution in [0.15, 0.2) is 0 Å². The van der Waals surface area contributed by atoms with E-state index in [1.165, 1.54) is 0 Å². The molecule has 8 heteroatoms. The Bertz CT molecular complexity index is 384. The van der Waals surface area contributed by atoms with Gasteiger partial charge < -0.3 is 25.2 Å². The van der Waals surface area contributed by atoms with Crippen molar-refractivity contribution in [2.45, 2.75) is 6.42 Å². The fourth-order valence-corrected chi connectivity index (χ4v) is 1.56. The molecular weight excluding hydrogens is 238 g/mol. The van der Waals surface area contributed by atoms with Gasteiger partial charge in [-0.15, -0.1) is 0 Å². The van der Waals surface area contributed by atoms with Crippen molar-refractivity contribution >= 4 is 11.9 Å². The molecule has 2 rings (SSSR count). The average Bonchev–Trinajstić information content (AvgIpc) is 2.39. The van der Waals surface area contributed by atoms with Crippen molar-refractivity contribution in [2.75, 3.05) is 50.2 Å². The van der Waals surface area contributed by atoms with Crippen LogP contribution in [0.2, 0.25) is 0 Å². The van der Waals surface area contributed by atoms with Crippen molar-refractivity contribution in [3.8, 4) is 6.01 Å². The van der Waals surface area contributed by atoms with Crippen LogP contribution in [0, 0.1) is 0 Å². The molecule has 0 atom stereocenters. The molecule has 0 saturated carbocycles. The summed E-state index contributed by atoms with van der Waals surface area (Å²) in [4.78, 5) is 14.1. The van der Waals surface area contributed by atoms with Gasteiger partial charge in [-0.05, 0) is 0 Å². The molecule has 0 bridgehead atoms. The number of rotatable bonds is 5. The number of aromatic nitrogens is 3. The van der Waals surface area contributed by atoms with Gasteiger partial charge in [0.05, 0.1) is 19.8 Å². The predicted octanol–water partition coefficient (Wildman–Crippen LogP) is -0.948. The number of hydrogen-bond acceptors (Lipinski definition) is 8. The SMILES string of the molecule is Nc1nc(OCCCO)nc(N2CCOCC2)n1. The van der Waals surface area contributed by atoms with Gasteiger partial charge >= 0.3 is 6.01 Å². The van der Waals surface area contributed by atoms with Gasteiger partial charge in [0.2, 0.25) is 11.9 Å². The molecule has 3 N–H and O–H groups in total. The number of morpholine rings is 1. The van der Waals surface area contributed by atoms with E-state index in [4.69, 9.17) is 20.3 Å². The van der Waals surface area contributed by atoms with Crippen LogP contribution in [0.3, 0.4) is 0 Å². The maximum atomic E-state index is 8.68. The van der Waals surface area contributed by atoms with Crippen LogP contribution in [-0.4, -0.2) is 59.6 Å². The quantitative estimate of drug-likeness (QED) is 0.649. The highest BCUT2D eigenvalue weighted by Gasteiger charge is 2.16. The summed E-state index contributed by atoms with van der Waals surface area (Å²) in [5.74, 6) is 0.635. The Kier molecular flexibility index (Phi) is 4.48. The van der Waals surface area contributed by atoms with Gasteiger partial charge in [-0.2, -0.15) is 15.0 Å². The normalized spacial score (nSPS) is 15.7. The summed E-state index contributed by atoms with van der Waals surface area (Å²) < 4.78 is 10.6. The minimum atomic E-state index is 0.0664. The van der Waals surface area contributed by atoms with Crippen LogP contribution >= 0.6 is 0 Å². The number of hydrogen-bond donors (Lipinski definition) is 2. The molecule has 1 aliphatic heterocycles. The third-order valence-electron chi connectivity index (χ3n) is 2.45. The van der Waals surface area contributed by atoms with Gasteiger partial charge in [0, 0.05) is 26.1 Å². The van der Waals surface area contributed by atoms with Crippen LogP contribution in [0.5, 0.6) is 6.01 Å². The monoisotopic (exact) mass is 255 g/mol. The number of nitrogens with two attached hydrogens (primary N) is 1. The highest BCUT2D eigenvalue weighted by atomic mass is 16.5. The lowest BCUT2D eigenvalue weighted by molar-refractivity contribution is 0.122. The van der Waals surface area contributed by atoms with Crippen molar-refractivity contribution in [1.29, 1.82) is 0 Å². The third-order valence-corrected chi connectivity index (χ3v) is 2.45. The van der Waals surface area contributed by atoms with Crippen molar-refractivity contribution in [2.24, 2.45) is 0 Å². The van der Waals surface area contributed by atoms with E-state index in [0.717, 1.165) is 13.1 Å². The fraction of sp³-hybridized carbons (Fsp3) is 0.700. The molecule has 0 aromatic carbocycles. The van der Waals surface area contributed by atoms with E-state index in [1.54, 1.807) is 0 Å². The van der Waals surface area contributed by atoms with E-state index in [1.807, 2.05) is 4.90 Å². The van der Waals surface area contributed by atoms with E-state index in [2.05, 4.69) is 15.0 Å². The largest absolute Gasteiger partial charge is 0.463 e. The summed E-state index contributed by atoms with van der Waals surface area (Å²) in [6.45, 7) is 3.15. The number of nitrogen functional groups attached to an aromatic ring is 1. The highest BCUT2D eigenvalue weighted by molar-refractivity contribution is 5.36. The first-order chi connectivity index (χ1) is 8.79. The topological polar surface area (TPSA) is 107 Å². The number of ether oxygens (including phenoxy) is 2. The molecule has 0 unspecified atom stereocenters. The molecule has 0 radical (unpaired) electrons. The summed E-state index contributed by atoms with van der Waals surface area (Å²) in [6, 6.07) is 0.192. The molecule has 1 aliphatic rings. The zero-order chi connectivity index (χ0) is 12.8. The minimum absolute atomic E-state index is 0.0664. The Morgan fingerprint density at radius 1 is 1.28 bits per heavy atom. The first-order valence-electron chi connectivity index (χ1n) is 5.87. The van der Waals surface area contributed by atoms with E-state index >= 15 is 0 Å². The van der Waals surface area contributed by atoms with Gasteiger partial charge in [0.15, 0.2) is 0 Å². The van der Waals surface area contributed by atoms with Gasteiger partial charge in [0.25, 0.3) is 0 Å². The molecule has 8 nitrogen and oxygen atoms in total. The van der Waals surface area contributed by atoms with Crippen LogP contribution in [0.25, 0.3) is 0 Å². The molecule has 2 heterocycles. The lowest BCUT2D eigenvalue weighted by atomic mass is 10.4. The summed E-state index contributed by atoms with van der Waals surface area (Å²) in [5, 5.41) is 8.68. The summed E-state index contributed by atoms with van der Waals surface area (Å²) in [7, 11) is 0. The zero-order valence-electron chi connectivity index (χ0n) is 10.1. The maximum absolute atomic E-state index is 8.68. The maximum Gasteiger partial charge on any atom is 0.323 e. The molecule has 0 aliphatic carbocycles. The Morgan fingerprint density at radius 3 is 2.78 bits per heavy atom. The summed E-state index contributed by atoms with van der Waals surface area (Å²) >= 11 is 0. The second-order valence-electron chi connectivity index (χ2n) is 3.80. The Hall–Kier alpha value is -1.67. The number of aliphatic hydroxyl groups is 1. The first-order valence-corrected chi connectivity index (χ1v) is 5.87. The lowest BCUT2D eigenvalue weighted by Crippen LogP contribution is -2.37. The fourth-order valence-electron chi connectivity index (χ4n) is 1.56. The van der Waals surface area contributed by atoms with Gasteiger partial charge in [0.1, 0.15) is 0 Å². The van der Waals surface area contributed by atoms with Crippen LogP contribution in [0.4, 0.5) is 11.9 Å². The molecule has 1 fully saturated rings. The molecule has 1 aromatic rings. The summed E-state index contributed by atoms with van der Waals surface area (Å²) in [5.41, 5.74) is 5.62. The van der Waals surface area contributed by atoms with Gasteiger partial charge in [-0.1, -0.05) is 0 Å². The average molecular weight is 255 g/mol. The number of nitrogens with zero attached hydrogens (tertiary/aromatic N) is 4. The van der Waals surface area contributed by atoms with E-state index in [9.17, 15) is 0 Å². The van der Waals surface area contributed by atoms with Gasteiger partial charge in [-0.3, -0.25) is 0 Å². The van der Waals surface area contributed by atoms with Crippen molar-refractivity contribution in [3.05, 3.63) is 0 Å². The lowest BCUT2D eigenvalue weighted by Gasteiger charge is -2.26. The van der Waals surface area contributed by atoms with Gasteiger partial charge in [-0.25, -0.2) is 0 Å². The number of aliphatic hydroxyl groups excluding tert-OH is 1. The molecule has 18 heavy (non-hydrogen) atoms. The van der Waals surface area contributed by atoms with Crippen molar-refractivity contribution < 1.29 is 14.6 Å². The minimum Gasteiger partial charge on any atom is -0.463 e. The Labute approximate surface area is 105 Å². The molecule has 1 saturated heterocycles. The zero-order valence-corrected chi connectivity index (χ0v) is 10.1. The van der Waals surface area contributed by atoms with Crippen LogP contribution in [0.1, 0.15) is 6.42 Å². The second-order valence-corrected chi connectivity index (χ2v) is 3.80. The smallest absolute Gasteiger partial charge is 0.323 e. The van der Waals surface area contributed by atoms with Crippen molar-refractivity contribution in [3.63, 3.8) is 0 Å². The van der Waals surface area contributed by atoms with E-state index < -0.39 is 0 Å². The first kappa shape index (κ1) is 12.8. The van der Waals surface area contributed by atoms with Crippen molar-refractivity contribution in [1.82, 2.24) is 15.0 Å². The standard InChI is InChI=1S/C10H17N5O3/c11-8-12-9(15-2-6-17-7-3-15)14-10(13-8)18-5-1-4-16/h16H,1-7H2,(H2,11,12,13,14). The van der Waals surface area contributed by atoms with Crippen LogP contribution < -0.4 is 15.4 Å². The molecule has 100 valence electrons. The van der Waals surface area contributed by atoms with E-state index in [-0.39, 0.29) is 18.6 Å². The summed E-state index contributed by atoms with van der Waals surface area (Å²) in [6.07, 6.45) is 0.526. The molecule has 0 spiro atoms. The molecule has 0 amide bonds. The number of anilines is 2.